The first-order valence-corrected chi connectivity index (χ1v) is 12.4. The first kappa shape index (κ1) is 24.9. The Morgan fingerprint density at radius 1 is 1.24 bits per heavy atom. The molecule has 4 aromatic rings. The summed E-state index contributed by atoms with van der Waals surface area (Å²) in [4.78, 5) is 42.3. The van der Waals surface area contributed by atoms with Gasteiger partial charge in [0.2, 0.25) is 0 Å². The van der Waals surface area contributed by atoms with Crippen LogP contribution >= 0.6 is 11.3 Å². The molecule has 192 valence electrons. The van der Waals surface area contributed by atoms with E-state index in [4.69, 9.17) is 9.15 Å². The second kappa shape index (κ2) is 9.94. The van der Waals surface area contributed by atoms with Crippen LogP contribution in [0.3, 0.4) is 0 Å². The van der Waals surface area contributed by atoms with Crippen LogP contribution in [0.1, 0.15) is 31.2 Å². The molecule has 0 radical (unpaired) electrons. The van der Waals surface area contributed by atoms with E-state index in [0.717, 1.165) is 11.3 Å². The van der Waals surface area contributed by atoms with E-state index in [9.17, 15) is 24.8 Å². The number of aromatic nitrogens is 1. The van der Waals surface area contributed by atoms with E-state index in [0.29, 0.717) is 31.9 Å². The number of non-ortho nitro benzene ring substituents is 1. The van der Waals surface area contributed by atoms with Crippen molar-refractivity contribution in [3.63, 3.8) is 0 Å². The lowest BCUT2D eigenvalue weighted by Gasteiger charge is -2.22. The minimum atomic E-state index is -0.982. The van der Waals surface area contributed by atoms with Crippen LogP contribution in [0, 0.1) is 10.1 Å². The van der Waals surface area contributed by atoms with Crippen LogP contribution in [0.5, 0.6) is 5.75 Å². The van der Waals surface area contributed by atoms with Crippen LogP contribution in [0.25, 0.3) is 17.4 Å². The maximum absolute atomic E-state index is 13.7. The highest BCUT2D eigenvalue weighted by Gasteiger charge is 2.35. The number of esters is 1. The molecule has 5 rings (SSSR count). The van der Waals surface area contributed by atoms with Crippen molar-refractivity contribution in [2.75, 3.05) is 6.61 Å². The molecular weight excluding hydrogens is 510 g/mol. The molecule has 0 saturated heterocycles. The zero-order chi connectivity index (χ0) is 27.0. The number of hydrogen-bond donors (Lipinski definition) is 1. The Balaban J connectivity index is 1.69. The fourth-order valence-corrected chi connectivity index (χ4v) is 5.28. The quantitative estimate of drug-likeness (QED) is 0.228. The Labute approximate surface area is 219 Å². The molecule has 0 bridgehead atoms. The fourth-order valence-electron chi connectivity index (χ4n) is 4.24. The van der Waals surface area contributed by atoms with E-state index < -0.39 is 22.5 Å². The number of carbonyl (C=O) groups is 1. The molecule has 2 aromatic carbocycles. The number of nitrogens with zero attached hydrogens (tertiary/aromatic N) is 3. The van der Waals surface area contributed by atoms with E-state index in [2.05, 4.69) is 4.99 Å². The minimum absolute atomic E-state index is 0.0194. The van der Waals surface area contributed by atoms with Crippen molar-refractivity contribution in [3.05, 3.63) is 113 Å². The number of nitro benzene ring substituents is 1. The zero-order valence-electron chi connectivity index (χ0n) is 20.3. The van der Waals surface area contributed by atoms with E-state index in [-0.39, 0.29) is 29.4 Å². The number of rotatable bonds is 6. The van der Waals surface area contributed by atoms with Crippen LogP contribution in [-0.2, 0) is 9.53 Å². The predicted molar refractivity (Wildman–Crippen MR) is 139 cm³/mol. The molecule has 0 amide bonds. The number of aromatic hydroxyl groups is 1. The third-order valence-electron chi connectivity index (χ3n) is 5.98. The molecule has 0 fully saturated rings. The summed E-state index contributed by atoms with van der Waals surface area (Å²) in [7, 11) is 0. The number of ether oxygens (including phenoxy) is 1. The molecule has 1 aliphatic heterocycles. The summed E-state index contributed by atoms with van der Waals surface area (Å²) in [5, 5.41) is 21.4. The van der Waals surface area contributed by atoms with Gasteiger partial charge in [0.1, 0.15) is 23.3 Å². The number of phenols is 1. The first-order valence-electron chi connectivity index (χ1n) is 11.6. The minimum Gasteiger partial charge on any atom is -0.507 e. The predicted octanol–water partition coefficient (Wildman–Crippen LogP) is 3.67. The van der Waals surface area contributed by atoms with Crippen LogP contribution in [0.2, 0.25) is 0 Å². The summed E-state index contributed by atoms with van der Waals surface area (Å²) < 4.78 is 13.1. The third kappa shape index (κ3) is 4.43. The Kier molecular flexibility index (Phi) is 6.52. The topological polar surface area (TPSA) is 137 Å². The van der Waals surface area contributed by atoms with Gasteiger partial charge in [0, 0.05) is 23.3 Å². The van der Waals surface area contributed by atoms with Crippen molar-refractivity contribution in [3.8, 4) is 17.1 Å². The van der Waals surface area contributed by atoms with Gasteiger partial charge in [-0.05, 0) is 38.1 Å². The highest BCUT2D eigenvalue weighted by Crippen LogP contribution is 2.34. The van der Waals surface area contributed by atoms with E-state index in [1.54, 1.807) is 62.4 Å². The average Bonchev–Trinajstić information content (AvgIpc) is 3.50. The smallest absolute Gasteiger partial charge is 0.338 e. The maximum atomic E-state index is 13.7. The number of phenolic OH excluding ortho intramolecular Hbond substituents is 1. The molecule has 0 spiro atoms. The van der Waals surface area contributed by atoms with Crippen LogP contribution in [0.4, 0.5) is 5.69 Å². The number of benzene rings is 2. The van der Waals surface area contributed by atoms with E-state index >= 15 is 0 Å². The molecular formula is C27H21N3O7S. The Morgan fingerprint density at radius 3 is 2.76 bits per heavy atom. The lowest BCUT2D eigenvalue weighted by molar-refractivity contribution is -0.384. The van der Waals surface area contributed by atoms with Crippen molar-refractivity contribution in [1.82, 2.24) is 4.57 Å². The number of carbonyl (C=O) groups excluding carboxylic acids is 1. The average molecular weight is 532 g/mol. The number of hydrogen-bond acceptors (Lipinski definition) is 9. The van der Waals surface area contributed by atoms with E-state index in [1.165, 1.54) is 22.8 Å². The van der Waals surface area contributed by atoms with Crippen molar-refractivity contribution in [2.24, 2.45) is 4.99 Å². The van der Waals surface area contributed by atoms with Gasteiger partial charge < -0.3 is 14.3 Å². The number of fused-ring (bicyclic) bond motifs is 1. The van der Waals surface area contributed by atoms with Crippen molar-refractivity contribution in [1.29, 1.82) is 0 Å². The molecule has 0 aliphatic carbocycles. The largest absolute Gasteiger partial charge is 0.507 e. The Morgan fingerprint density at radius 2 is 2.03 bits per heavy atom. The van der Waals surface area contributed by atoms with Crippen molar-refractivity contribution < 1.29 is 24.0 Å². The van der Waals surface area contributed by atoms with Gasteiger partial charge in [0.25, 0.3) is 11.2 Å². The summed E-state index contributed by atoms with van der Waals surface area (Å²) in [6.45, 7) is 3.46. The SMILES string of the molecule is CCOC(=O)C1=C(C)N=c2s/c(=C\c3ccccc3O)c(=O)n2[C@@H]1c1ccc(-c2cccc([N+](=O)[O-])c2)o1. The van der Waals surface area contributed by atoms with Gasteiger partial charge in [0.05, 0.1) is 27.3 Å². The Bertz CT molecular complexity index is 1800. The van der Waals surface area contributed by atoms with Crippen LogP contribution in [-0.4, -0.2) is 27.2 Å². The number of nitro groups is 1. The molecule has 10 nitrogen and oxygen atoms in total. The lowest BCUT2D eigenvalue weighted by Crippen LogP contribution is -2.39. The maximum Gasteiger partial charge on any atom is 0.338 e. The summed E-state index contributed by atoms with van der Waals surface area (Å²) in [6.07, 6.45) is 1.57. The van der Waals surface area contributed by atoms with Gasteiger partial charge in [-0.15, -0.1) is 0 Å². The van der Waals surface area contributed by atoms with Crippen molar-refractivity contribution >= 4 is 29.1 Å². The molecule has 1 atom stereocenters. The highest BCUT2D eigenvalue weighted by atomic mass is 32.1. The number of allylic oxidation sites excluding steroid dienone is 1. The number of furan rings is 1. The number of thiazole rings is 1. The monoisotopic (exact) mass is 531 g/mol. The van der Waals surface area contributed by atoms with Crippen LogP contribution in [0.15, 0.2) is 86.1 Å². The summed E-state index contributed by atoms with van der Waals surface area (Å²) in [5.41, 5.74) is 0.924. The second-order valence-electron chi connectivity index (χ2n) is 8.37. The molecule has 38 heavy (non-hydrogen) atoms. The van der Waals surface area contributed by atoms with Gasteiger partial charge in [0.15, 0.2) is 4.80 Å². The lowest BCUT2D eigenvalue weighted by atomic mass is 10.0. The van der Waals surface area contributed by atoms with Gasteiger partial charge in [-0.25, -0.2) is 9.79 Å². The third-order valence-corrected chi connectivity index (χ3v) is 6.96. The molecule has 11 heteroatoms. The first-order chi connectivity index (χ1) is 18.3. The van der Waals surface area contributed by atoms with Crippen molar-refractivity contribution in [2.45, 2.75) is 19.9 Å². The molecule has 0 saturated carbocycles. The standard InChI is InChI=1S/C27H21N3O7S/c1-3-36-26(33)23-15(2)28-27-29(25(32)22(38-27)14-16-7-4-5-10-19(16)31)24(23)21-12-11-20(37-21)17-8-6-9-18(13-17)30(34)35/h4-14,24,31H,3H2,1-2H3/b22-14-/t24-/m1/s1. The summed E-state index contributed by atoms with van der Waals surface area (Å²) in [5.74, 6) is -0.0232. The molecule has 1 N–H and O–H groups in total. The van der Waals surface area contributed by atoms with Gasteiger partial charge in [-0.2, -0.15) is 0 Å². The normalized spacial score (nSPS) is 15.2. The summed E-state index contributed by atoms with van der Waals surface area (Å²) in [6, 6.07) is 14.9. The van der Waals surface area contributed by atoms with Gasteiger partial charge in [-0.1, -0.05) is 41.7 Å². The van der Waals surface area contributed by atoms with Gasteiger partial charge in [-0.3, -0.25) is 19.5 Å². The summed E-state index contributed by atoms with van der Waals surface area (Å²) >= 11 is 1.12. The molecule has 2 aromatic heterocycles. The molecule has 1 aliphatic rings. The molecule has 3 heterocycles. The number of para-hydroxylation sites is 1. The molecule has 0 unspecified atom stereocenters. The Hall–Kier alpha value is -4.77. The fraction of sp³-hybridized carbons (Fsp3) is 0.148. The zero-order valence-corrected chi connectivity index (χ0v) is 21.1. The van der Waals surface area contributed by atoms with E-state index in [1.807, 2.05) is 0 Å². The second-order valence-corrected chi connectivity index (χ2v) is 9.38. The van der Waals surface area contributed by atoms with Gasteiger partial charge >= 0.3 is 5.97 Å². The van der Waals surface area contributed by atoms with Crippen LogP contribution < -0.4 is 14.9 Å². The highest BCUT2D eigenvalue weighted by molar-refractivity contribution is 7.07.